The Morgan fingerprint density at radius 2 is 2.00 bits per heavy atom. The van der Waals surface area contributed by atoms with Crippen LogP contribution in [0.15, 0.2) is 18.2 Å². The Balaban J connectivity index is 2.43. The van der Waals surface area contributed by atoms with Crippen LogP contribution in [0.5, 0.6) is 11.5 Å². The zero-order chi connectivity index (χ0) is 12.0. The third-order valence-electron chi connectivity index (χ3n) is 2.26. The number of phenols is 2. The highest BCUT2D eigenvalue weighted by atomic mass is 16.5. The predicted molar refractivity (Wildman–Crippen MR) is 60.5 cm³/mol. The molecule has 0 aromatic heterocycles. The minimum atomic E-state index is -0.104. The normalized spacial score (nSPS) is 12.6. The Labute approximate surface area is 95.1 Å². The van der Waals surface area contributed by atoms with Gasteiger partial charge in [0.05, 0.1) is 13.2 Å². The molecule has 4 nitrogen and oxygen atoms in total. The summed E-state index contributed by atoms with van der Waals surface area (Å²) in [6.45, 7) is 2.99. The number of benzene rings is 1. The second-order valence-electron chi connectivity index (χ2n) is 3.93. The van der Waals surface area contributed by atoms with Gasteiger partial charge >= 0.3 is 0 Å². The van der Waals surface area contributed by atoms with Crippen LogP contribution < -0.4 is 0 Å². The first-order valence-corrected chi connectivity index (χ1v) is 5.33. The van der Waals surface area contributed by atoms with E-state index in [9.17, 15) is 5.11 Å². The molecule has 0 radical (unpaired) electrons. The van der Waals surface area contributed by atoms with E-state index >= 15 is 0 Å². The van der Waals surface area contributed by atoms with E-state index < -0.39 is 0 Å². The van der Waals surface area contributed by atoms with Crippen LogP contribution in [0.1, 0.15) is 12.5 Å². The van der Waals surface area contributed by atoms with Crippen molar-refractivity contribution in [3.63, 3.8) is 0 Å². The molecule has 0 fully saturated rings. The lowest BCUT2D eigenvalue weighted by atomic mass is 10.0. The fourth-order valence-electron chi connectivity index (χ4n) is 1.51. The molecule has 3 N–H and O–H groups in total. The van der Waals surface area contributed by atoms with Gasteiger partial charge in [-0.05, 0) is 30.0 Å². The molecule has 0 aliphatic heterocycles. The van der Waals surface area contributed by atoms with Crippen molar-refractivity contribution in [1.29, 1.82) is 0 Å². The Bertz CT molecular complexity index is 325. The van der Waals surface area contributed by atoms with Gasteiger partial charge in [-0.2, -0.15) is 0 Å². The predicted octanol–water partition coefficient (Wildman–Crippen LogP) is 1.29. The van der Waals surface area contributed by atoms with Crippen LogP contribution in [0.2, 0.25) is 0 Å². The van der Waals surface area contributed by atoms with Gasteiger partial charge < -0.3 is 20.1 Å². The van der Waals surface area contributed by atoms with Gasteiger partial charge in [-0.3, -0.25) is 0 Å². The zero-order valence-corrected chi connectivity index (χ0v) is 9.39. The molecule has 1 aromatic carbocycles. The highest BCUT2D eigenvalue weighted by Crippen LogP contribution is 2.25. The highest BCUT2D eigenvalue weighted by molar-refractivity contribution is 5.40. The lowest BCUT2D eigenvalue weighted by Gasteiger charge is -2.12. The summed E-state index contributed by atoms with van der Waals surface area (Å²) in [5.41, 5.74) is 0.954. The number of aliphatic hydroxyl groups is 1. The molecule has 1 unspecified atom stereocenters. The van der Waals surface area contributed by atoms with Crippen molar-refractivity contribution in [2.75, 3.05) is 19.8 Å². The standard InChI is InChI=1S/C12H18O4/c1-9(8-16-5-4-13)6-10-2-3-11(14)12(15)7-10/h2-3,7,9,13-15H,4-6,8H2,1H3. The van der Waals surface area contributed by atoms with Crippen molar-refractivity contribution in [3.8, 4) is 11.5 Å². The minimum Gasteiger partial charge on any atom is -0.504 e. The van der Waals surface area contributed by atoms with E-state index in [1.54, 1.807) is 12.1 Å². The summed E-state index contributed by atoms with van der Waals surface area (Å²) in [5.74, 6) is 0.101. The summed E-state index contributed by atoms with van der Waals surface area (Å²) >= 11 is 0. The molecule has 1 atom stereocenters. The summed E-state index contributed by atoms with van der Waals surface area (Å²) < 4.78 is 5.21. The highest BCUT2D eigenvalue weighted by Gasteiger charge is 2.06. The molecular weight excluding hydrogens is 208 g/mol. The van der Waals surface area contributed by atoms with Crippen LogP contribution in [-0.4, -0.2) is 35.1 Å². The van der Waals surface area contributed by atoms with Crippen LogP contribution in [0.4, 0.5) is 0 Å². The third kappa shape index (κ3) is 4.08. The van der Waals surface area contributed by atoms with Gasteiger partial charge in [-0.15, -0.1) is 0 Å². The van der Waals surface area contributed by atoms with Crippen LogP contribution in [0.3, 0.4) is 0 Å². The summed E-state index contributed by atoms with van der Waals surface area (Å²) in [7, 11) is 0. The molecule has 0 spiro atoms. The molecule has 0 saturated heterocycles. The Hall–Kier alpha value is -1.26. The lowest BCUT2D eigenvalue weighted by Crippen LogP contribution is -2.11. The fraction of sp³-hybridized carbons (Fsp3) is 0.500. The molecule has 1 rings (SSSR count). The molecule has 0 saturated carbocycles. The molecule has 16 heavy (non-hydrogen) atoms. The average Bonchev–Trinajstić information content (AvgIpc) is 2.24. The summed E-state index contributed by atoms with van der Waals surface area (Å²) in [6.07, 6.45) is 0.763. The van der Waals surface area contributed by atoms with E-state index in [1.807, 2.05) is 6.92 Å². The third-order valence-corrected chi connectivity index (χ3v) is 2.26. The van der Waals surface area contributed by atoms with E-state index in [0.717, 1.165) is 12.0 Å². The van der Waals surface area contributed by atoms with Crippen LogP contribution in [0, 0.1) is 5.92 Å². The van der Waals surface area contributed by atoms with Gasteiger partial charge in [0.1, 0.15) is 0 Å². The SMILES string of the molecule is CC(COCCO)Cc1ccc(O)c(O)c1. The molecule has 0 amide bonds. The quantitative estimate of drug-likeness (QED) is 0.505. The molecular formula is C12H18O4. The monoisotopic (exact) mass is 226 g/mol. The van der Waals surface area contributed by atoms with Gasteiger partial charge in [0.2, 0.25) is 0 Å². The van der Waals surface area contributed by atoms with Crippen LogP contribution in [-0.2, 0) is 11.2 Å². The maximum absolute atomic E-state index is 9.31. The topological polar surface area (TPSA) is 69.9 Å². The second kappa shape index (κ2) is 6.35. The Kier molecular flexibility index (Phi) is 5.08. The molecule has 90 valence electrons. The number of ether oxygens (including phenoxy) is 1. The van der Waals surface area contributed by atoms with Crippen LogP contribution >= 0.6 is 0 Å². The van der Waals surface area contributed by atoms with Crippen LogP contribution in [0.25, 0.3) is 0 Å². The lowest BCUT2D eigenvalue weighted by molar-refractivity contribution is 0.0716. The first-order chi connectivity index (χ1) is 7.63. The molecule has 0 heterocycles. The van der Waals surface area contributed by atoms with E-state index in [1.165, 1.54) is 6.07 Å². The van der Waals surface area contributed by atoms with Crippen molar-refractivity contribution in [2.45, 2.75) is 13.3 Å². The number of aromatic hydroxyl groups is 2. The maximum Gasteiger partial charge on any atom is 0.157 e. The van der Waals surface area contributed by atoms with Gasteiger partial charge in [-0.1, -0.05) is 13.0 Å². The first kappa shape index (κ1) is 12.8. The Morgan fingerprint density at radius 1 is 1.25 bits per heavy atom. The van der Waals surface area contributed by atoms with Crippen molar-refractivity contribution < 1.29 is 20.1 Å². The molecule has 4 heteroatoms. The van der Waals surface area contributed by atoms with E-state index in [-0.39, 0.29) is 18.1 Å². The maximum atomic E-state index is 9.31. The van der Waals surface area contributed by atoms with Gasteiger partial charge in [0.25, 0.3) is 0 Å². The van der Waals surface area contributed by atoms with Crippen molar-refractivity contribution >= 4 is 0 Å². The minimum absolute atomic E-state index is 0.0344. The van der Waals surface area contributed by atoms with E-state index in [2.05, 4.69) is 0 Å². The number of rotatable bonds is 6. The van der Waals surface area contributed by atoms with Crippen molar-refractivity contribution in [2.24, 2.45) is 5.92 Å². The van der Waals surface area contributed by atoms with E-state index in [0.29, 0.717) is 19.1 Å². The average molecular weight is 226 g/mol. The summed E-state index contributed by atoms with van der Waals surface area (Å²) in [5, 5.41) is 27.0. The first-order valence-electron chi connectivity index (χ1n) is 5.33. The fourth-order valence-corrected chi connectivity index (χ4v) is 1.51. The number of hydrogen-bond donors (Lipinski definition) is 3. The van der Waals surface area contributed by atoms with Crippen molar-refractivity contribution in [1.82, 2.24) is 0 Å². The zero-order valence-electron chi connectivity index (χ0n) is 9.39. The molecule has 1 aromatic rings. The summed E-state index contributed by atoms with van der Waals surface area (Å²) in [6, 6.07) is 4.81. The van der Waals surface area contributed by atoms with Gasteiger partial charge in [0.15, 0.2) is 11.5 Å². The van der Waals surface area contributed by atoms with Gasteiger partial charge in [0, 0.05) is 6.61 Å². The molecule has 0 bridgehead atoms. The Morgan fingerprint density at radius 3 is 2.62 bits per heavy atom. The molecule has 0 aliphatic carbocycles. The number of aliphatic hydroxyl groups excluding tert-OH is 1. The number of hydrogen-bond acceptors (Lipinski definition) is 4. The second-order valence-corrected chi connectivity index (χ2v) is 3.93. The molecule has 0 aliphatic rings. The van der Waals surface area contributed by atoms with Crippen molar-refractivity contribution in [3.05, 3.63) is 23.8 Å². The van der Waals surface area contributed by atoms with E-state index in [4.69, 9.17) is 14.9 Å². The summed E-state index contributed by atoms with van der Waals surface area (Å²) in [4.78, 5) is 0. The van der Waals surface area contributed by atoms with Gasteiger partial charge in [-0.25, -0.2) is 0 Å². The largest absolute Gasteiger partial charge is 0.504 e. The number of phenolic OH excluding ortho intramolecular Hbond substituents is 2. The smallest absolute Gasteiger partial charge is 0.157 e.